The third-order valence-corrected chi connectivity index (χ3v) is 7.24. The second-order valence-electron chi connectivity index (χ2n) is 8.58. The van der Waals surface area contributed by atoms with E-state index in [0.717, 1.165) is 23.1 Å². The fraction of sp³-hybridized carbons (Fsp3) is 0.192. The Hall–Kier alpha value is -3.55. The Morgan fingerprint density at radius 3 is 2.20 bits per heavy atom. The summed E-state index contributed by atoms with van der Waals surface area (Å²) in [6, 6.07) is 16.6. The molecule has 0 unspecified atom stereocenters. The summed E-state index contributed by atoms with van der Waals surface area (Å²) >= 11 is 12.6. The number of nitrogens with zero attached hydrogens (tertiary/aromatic N) is 3. The summed E-state index contributed by atoms with van der Waals surface area (Å²) in [5.74, 6) is -1.71. The summed E-state index contributed by atoms with van der Waals surface area (Å²) in [5, 5.41) is 9.52. The van der Waals surface area contributed by atoms with Gasteiger partial charge < -0.3 is 10.0 Å². The SMILES string of the molecule is CN(c1ccc2c(c1)n(C(=O)c1c(Cl)cccc1Cl)c(=O)n2-c1ccc(C(=O)O)cc1)C1CCC1. The Balaban J connectivity index is 1.75. The molecule has 1 N–H and O–H groups in total. The minimum Gasteiger partial charge on any atom is -0.478 e. The third-order valence-electron chi connectivity index (χ3n) is 6.61. The molecular weight excluding hydrogens is 489 g/mol. The molecule has 178 valence electrons. The summed E-state index contributed by atoms with van der Waals surface area (Å²) < 4.78 is 2.46. The van der Waals surface area contributed by atoms with Crippen molar-refractivity contribution in [2.75, 3.05) is 11.9 Å². The second-order valence-corrected chi connectivity index (χ2v) is 9.39. The van der Waals surface area contributed by atoms with Gasteiger partial charge in [-0.05, 0) is 73.9 Å². The third kappa shape index (κ3) is 3.90. The number of rotatable bonds is 5. The van der Waals surface area contributed by atoms with Crippen molar-refractivity contribution in [3.05, 3.63) is 92.3 Å². The average Bonchev–Trinajstić information content (AvgIpc) is 3.08. The molecule has 9 heteroatoms. The van der Waals surface area contributed by atoms with Crippen LogP contribution in [0.2, 0.25) is 10.0 Å². The lowest BCUT2D eigenvalue weighted by atomic mass is 9.91. The summed E-state index contributed by atoms with van der Waals surface area (Å²) in [5.41, 5.74) is 1.74. The maximum Gasteiger partial charge on any atom is 0.340 e. The van der Waals surface area contributed by atoms with E-state index in [1.807, 2.05) is 19.2 Å². The van der Waals surface area contributed by atoms with E-state index in [1.54, 1.807) is 24.3 Å². The van der Waals surface area contributed by atoms with Crippen LogP contribution in [0.15, 0.2) is 65.5 Å². The van der Waals surface area contributed by atoms with E-state index < -0.39 is 17.6 Å². The lowest BCUT2D eigenvalue weighted by molar-refractivity contribution is 0.0696. The summed E-state index contributed by atoms with van der Waals surface area (Å²) in [6.07, 6.45) is 3.35. The fourth-order valence-electron chi connectivity index (χ4n) is 4.40. The van der Waals surface area contributed by atoms with Crippen LogP contribution in [0.4, 0.5) is 5.69 Å². The highest BCUT2D eigenvalue weighted by molar-refractivity contribution is 6.40. The van der Waals surface area contributed by atoms with Crippen LogP contribution in [0.3, 0.4) is 0 Å². The number of carboxylic acids is 1. The molecule has 35 heavy (non-hydrogen) atoms. The highest BCUT2D eigenvalue weighted by Gasteiger charge is 2.27. The Kier molecular flexibility index (Phi) is 5.91. The van der Waals surface area contributed by atoms with Gasteiger partial charge in [0.15, 0.2) is 0 Å². The first kappa shape index (κ1) is 23.2. The number of carbonyl (C=O) groups excluding carboxylic acids is 1. The topological polar surface area (TPSA) is 84.5 Å². The Morgan fingerprint density at radius 1 is 0.971 bits per heavy atom. The second kappa shape index (κ2) is 8.91. The minimum absolute atomic E-state index is 0.0379. The Bertz CT molecular complexity index is 1510. The van der Waals surface area contributed by atoms with E-state index in [1.165, 1.54) is 35.3 Å². The zero-order chi connectivity index (χ0) is 24.9. The van der Waals surface area contributed by atoms with Gasteiger partial charge in [-0.2, -0.15) is 0 Å². The Morgan fingerprint density at radius 2 is 1.63 bits per heavy atom. The van der Waals surface area contributed by atoms with Gasteiger partial charge in [0.2, 0.25) is 0 Å². The number of imidazole rings is 1. The van der Waals surface area contributed by atoms with Crippen molar-refractivity contribution >= 4 is 51.8 Å². The number of hydrogen-bond acceptors (Lipinski definition) is 4. The van der Waals surface area contributed by atoms with Crippen LogP contribution in [0, 0.1) is 0 Å². The van der Waals surface area contributed by atoms with Crippen molar-refractivity contribution in [3.8, 4) is 5.69 Å². The highest BCUT2D eigenvalue weighted by Crippen LogP contribution is 2.32. The molecule has 7 nitrogen and oxygen atoms in total. The van der Waals surface area contributed by atoms with E-state index in [-0.39, 0.29) is 21.2 Å². The normalized spacial score (nSPS) is 13.6. The minimum atomic E-state index is -1.07. The molecule has 0 spiro atoms. The molecule has 0 amide bonds. The predicted molar refractivity (Wildman–Crippen MR) is 137 cm³/mol. The number of anilines is 1. The van der Waals surface area contributed by atoms with Gasteiger partial charge >= 0.3 is 11.7 Å². The Labute approximate surface area is 210 Å². The first-order valence-corrected chi connectivity index (χ1v) is 11.9. The van der Waals surface area contributed by atoms with Gasteiger partial charge in [-0.15, -0.1) is 0 Å². The van der Waals surface area contributed by atoms with Gasteiger partial charge in [0.05, 0.1) is 37.9 Å². The number of halogens is 2. The summed E-state index contributed by atoms with van der Waals surface area (Å²) in [6.45, 7) is 0. The van der Waals surface area contributed by atoms with Gasteiger partial charge in [0, 0.05) is 18.8 Å². The highest BCUT2D eigenvalue weighted by atomic mass is 35.5. The lowest BCUT2D eigenvalue weighted by Gasteiger charge is -2.36. The number of fused-ring (bicyclic) bond motifs is 1. The lowest BCUT2D eigenvalue weighted by Crippen LogP contribution is -2.37. The number of benzene rings is 3. The van der Waals surface area contributed by atoms with E-state index in [0.29, 0.717) is 22.8 Å². The smallest absolute Gasteiger partial charge is 0.340 e. The van der Waals surface area contributed by atoms with Crippen molar-refractivity contribution in [2.24, 2.45) is 0 Å². The van der Waals surface area contributed by atoms with Crippen molar-refractivity contribution < 1.29 is 14.7 Å². The fourth-order valence-corrected chi connectivity index (χ4v) is 4.96. The monoisotopic (exact) mass is 509 g/mol. The van der Waals surface area contributed by atoms with Crippen LogP contribution < -0.4 is 10.6 Å². The number of carboxylic acid groups (broad SMARTS) is 1. The molecule has 0 aliphatic heterocycles. The van der Waals surface area contributed by atoms with Crippen LogP contribution in [-0.4, -0.2) is 39.2 Å². The number of aromatic nitrogens is 2. The molecule has 1 aliphatic rings. The largest absolute Gasteiger partial charge is 0.478 e. The number of aromatic carboxylic acids is 1. The maximum absolute atomic E-state index is 13.7. The van der Waals surface area contributed by atoms with Gasteiger partial charge in [0.25, 0.3) is 5.91 Å². The molecule has 1 aromatic heterocycles. The molecule has 1 saturated carbocycles. The van der Waals surface area contributed by atoms with E-state index >= 15 is 0 Å². The molecule has 0 bridgehead atoms. The first-order valence-electron chi connectivity index (χ1n) is 11.1. The molecule has 0 radical (unpaired) electrons. The molecule has 1 heterocycles. The number of hydrogen-bond donors (Lipinski definition) is 1. The maximum atomic E-state index is 13.7. The molecule has 4 aromatic rings. The zero-order valence-corrected chi connectivity index (χ0v) is 20.3. The van der Waals surface area contributed by atoms with Crippen LogP contribution >= 0.6 is 23.2 Å². The summed E-state index contributed by atoms with van der Waals surface area (Å²) in [7, 11) is 2.00. The van der Waals surface area contributed by atoms with Crippen molar-refractivity contribution in [3.63, 3.8) is 0 Å². The van der Waals surface area contributed by atoms with E-state index in [4.69, 9.17) is 23.2 Å². The van der Waals surface area contributed by atoms with Crippen LogP contribution in [0.1, 0.15) is 40.0 Å². The van der Waals surface area contributed by atoms with Crippen molar-refractivity contribution in [1.29, 1.82) is 0 Å². The molecule has 0 saturated heterocycles. The van der Waals surface area contributed by atoms with Crippen LogP contribution in [0.5, 0.6) is 0 Å². The molecule has 1 fully saturated rings. The zero-order valence-electron chi connectivity index (χ0n) is 18.7. The first-order chi connectivity index (χ1) is 16.8. The van der Waals surface area contributed by atoms with Crippen molar-refractivity contribution in [2.45, 2.75) is 25.3 Å². The van der Waals surface area contributed by atoms with Gasteiger partial charge in [0.1, 0.15) is 0 Å². The van der Waals surface area contributed by atoms with Crippen molar-refractivity contribution in [1.82, 2.24) is 9.13 Å². The predicted octanol–water partition coefficient (Wildman–Crippen LogP) is 5.47. The standard InChI is InChI=1S/C26H21Cl2N3O4/c1-29(16-4-2-5-16)18-12-13-21-22(14-18)31(24(32)23-19(27)6-3-7-20(23)28)26(35)30(21)17-10-8-15(9-11-17)25(33)34/h3,6-14,16H,2,4-5H2,1H3,(H,33,34). The van der Waals surface area contributed by atoms with Gasteiger partial charge in [-0.25, -0.2) is 14.2 Å². The molecule has 3 aromatic carbocycles. The van der Waals surface area contributed by atoms with Crippen LogP contribution in [0.25, 0.3) is 16.7 Å². The number of carbonyl (C=O) groups is 2. The van der Waals surface area contributed by atoms with Gasteiger partial charge in [-0.1, -0.05) is 29.3 Å². The molecule has 0 atom stereocenters. The summed E-state index contributed by atoms with van der Waals surface area (Å²) in [4.78, 5) is 40.8. The average molecular weight is 510 g/mol. The van der Waals surface area contributed by atoms with E-state index in [9.17, 15) is 19.5 Å². The molecule has 5 rings (SSSR count). The molecule has 1 aliphatic carbocycles. The quantitative estimate of drug-likeness (QED) is 0.385. The van der Waals surface area contributed by atoms with Crippen LogP contribution in [-0.2, 0) is 0 Å². The van der Waals surface area contributed by atoms with Gasteiger partial charge in [-0.3, -0.25) is 9.36 Å². The van der Waals surface area contributed by atoms with E-state index in [2.05, 4.69) is 4.90 Å². The molecular formula is C26H21Cl2N3O4.